The van der Waals surface area contributed by atoms with Crippen molar-refractivity contribution in [1.82, 2.24) is 10.2 Å². The number of hydrogen-bond donors (Lipinski definition) is 1. The number of piperidine rings is 1. The molecule has 4 heteroatoms. The fourth-order valence-corrected chi connectivity index (χ4v) is 3.55. The third-order valence-corrected chi connectivity index (χ3v) is 4.82. The van der Waals surface area contributed by atoms with Crippen LogP contribution in [0.25, 0.3) is 0 Å². The van der Waals surface area contributed by atoms with E-state index in [1.54, 1.807) is 12.1 Å². The Morgan fingerprint density at radius 2 is 1.80 bits per heavy atom. The molecule has 0 atom stereocenters. The largest absolute Gasteiger partial charge is 0.317 e. The van der Waals surface area contributed by atoms with E-state index in [0.29, 0.717) is 5.41 Å². The second kappa shape index (κ2) is 5.78. The molecule has 2 heterocycles. The molecular weight excluding hydrogens is 258 g/mol. The molecule has 0 amide bonds. The second-order valence-electron chi connectivity index (χ2n) is 6.25. The maximum absolute atomic E-state index is 12.5. The average molecular weight is 280 g/mol. The molecule has 110 valence electrons. The van der Waals surface area contributed by atoms with Crippen LogP contribution in [0, 0.1) is 5.41 Å². The Morgan fingerprint density at radius 3 is 2.45 bits per heavy atom. The molecular formula is C16H22F2N2. The standard InChI is InChI=1S/C16H22F2N2/c17-15(18)14-3-1-13(2-4-14)11-20-10-7-16(12-20)5-8-19-9-6-16/h1-4,15,19H,5-12H2. The van der Waals surface area contributed by atoms with Gasteiger partial charge in [0.1, 0.15) is 0 Å². The van der Waals surface area contributed by atoms with Gasteiger partial charge in [-0.05, 0) is 49.9 Å². The Morgan fingerprint density at radius 1 is 1.10 bits per heavy atom. The van der Waals surface area contributed by atoms with Crippen molar-refractivity contribution in [2.24, 2.45) is 5.41 Å². The van der Waals surface area contributed by atoms with Gasteiger partial charge < -0.3 is 5.32 Å². The van der Waals surface area contributed by atoms with Gasteiger partial charge in [0, 0.05) is 18.7 Å². The first-order chi connectivity index (χ1) is 9.67. The maximum Gasteiger partial charge on any atom is 0.263 e. The summed E-state index contributed by atoms with van der Waals surface area (Å²) in [6.07, 6.45) is 1.46. The lowest BCUT2D eigenvalue weighted by Gasteiger charge is -2.33. The van der Waals surface area contributed by atoms with Crippen LogP contribution in [0.4, 0.5) is 8.78 Å². The zero-order valence-corrected chi connectivity index (χ0v) is 11.7. The van der Waals surface area contributed by atoms with Crippen molar-refractivity contribution in [2.45, 2.75) is 32.2 Å². The molecule has 0 aliphatic carbocycles. The van der Waals surface area contributed by atoms with E-state index >= 15 is 0 Å². The summed E-state index contributed by atoms with van der Waals surface area (Å²) in [5.41, 5.74) is 1.76. The molecule has 1 N–H and O–H groups in total. The van der Waals surface area contributed by atoms with Crippen LogP contribution >= 0.6 is 0 Å². The predicted molar refractivity (Wildman–Crippen MR) is 75.8 cm³/mol. The Kier molecular flexibility index (Phi) is 4.03. The van der Waals surface area contributed by atoms with Crippen molar-refractivity contribution in [2.75, 3.05) is 26.2 Å². The SMILES string of the molecule is FC(F)c1ccc(CN2CCC3(CCNCC3)C2)cc1. The summed E-state index contributed by atoms with van der Waals surface area (Å²) in [5, 5.41) is 3.43. The number of nitrogens with zero attached hydrogens (tertiary/aromatic N) is 1. The summed E-state index contributed by atoms with van der Waals surface area (Å²) in [4.78, 5) is 2.47. The minimum atomic E-state index is -2.37. The van der Waals surface area contributed by atoms with E-state index < -0.39 is 6.43 Å². The first kappa shape index (κ1) is 14.0. The van der Waals surface area contributed by atoms with Crippen molar-refractivity contribution >= 4 is 0 Å². The minimum absolute atomic E-state index is 0.116. The molecule has 2 aliphatic heterocycles. The molecule has 0 unspecified atom stereocenters. The Hall–Kier alpha value is -1.00. The van der Waals surface area contributed by atoms with Crippen molar-refractivity contribution in [3.05, 3.63) is 35.4 Å². The summed E-state index contributed by atoms with van der Waals surface area (Å²) in [5.74, 6) is 0. The van der Waals surface area contributed by atoms with Gasteiger partial charge in [-0.25, -0.2) is 8.78 Å². The van der Waals surface area contributed by atoms with E-state index in [-0.39, 0.29) is 5.56 Å². The molecule has 2 aliphatic rings. The summed E-state index contributed by atoms with van der Waals surface area (Å²) in [7, 11) is 0. The van der Waals surface area contributed by atoms with E-state index in [0.717, 1.165) is 38.3 Å². The van der Waals surface area contributed by atoms with Gasteiger partial charge in [-0.2, -0.15) is 0 Å². The van der Waals surface area contributed by atoms with Gasteiger partial charge in [-0.3, -0.25) is 4.90 Å². The smallest absolute Gasteiger partial charge is 0.263 e. The lowest BCUT2D eigenvalue weighted by atomic mass is 9.78. The summed E-state index contributed by atoms with van der Waals surface area (Å²) in [6, 6.07) is 6.79. The molecule has 0 radical (unpaired) electrons. The van der Waals surface area contributed by atoms with Gasteiger partial charge in [0.2, 0.25) is 0 Å². The first-order valence-electron chi connectivity index (χ1n) is 7.47. The minimum Gasteiger partial charge on any atom is -0.317 e. The predicted octanol–water partition coefficient (Wildman–Crippen LogP) is 3.20. The number of likely N-dealkylation sites (tertiary alicyclic amines) is 1. The molecule has 1 spiro atoms. The van der Waals surface area contributed by atoms with Crippen LogP contribution in [0.5, 0.6) is 0 Å². The maximum atomic E-state index is 12.5. The lowest BCUT2D eigenvalue weighted by Crippen LogP contribution is -2.38. The highest BCUT2D eigenvalue weighted by atomic mass is 19.3. The van der Waals surface area contributed by atoms with E-state index in [1.165, 1.54) is 19.3 Å². The highest BCUT2D eigenvalue weighted by Gasteiger charge is 2.38. The fourth-order valence-electron chi connectivity index (χ4n) is 3.55. The topological polar surface area (TPSA) is 15.3 Å². The number of nitrogens with one attached hydrogen (secondary N) is 1. The highest BCUT2D eigenvalue weighted by Crippen LogP contribution is 2.39. The van der Waals surface area contributed by atoms with E-state index in [1.807, 2.05) is 12.1 Å². The number of benzene rings is 1. The Balaban J connectivity index is 1.58. The van der Waals surface area contributed by atoms with Crippen molar-refractivity contribution in [3.63, 3.8) is 0 Å². The number of hydrogen-bond acceptors (Lipinski definition) is 2. The van der Waals surface area contributed by atoms with E-state index in [4.69, 9.17) is 0 Å². The number of halogens is 2. The quantitative estimate of drug-likeness (QED) is 0.914. The summed E-state index contributed by atoms with van der Waals surface area (Å²) < 4.78 is 25.1. The van der Waals surface area contributed by atoms with E-state index in [2.05, 4.69) is 10.2 Å². The molecule has 1 aromatic rings. The number of alkyl halides is 2. The van der Waals surface area contributed by atoms with Gasteiger partial charge in [0.25, 0.3) is 6.43 Å². The van der Waals surface area contributed by atoms with Crippen LogP contribution in [-0.2, 0) is 6.54 Å². The molecule has 2 fully saturated rings. The lowest BCUT2D eigenvalue weighted by molar-refractivity contribution is 0.151. The van der Waals surface area contributed by atoms with Gasteiger partial charge in [0.05, 0.1) is 0 Å². The highest BCUT2D eigenvalue weighted by molar-refractivity contribution is 5.23. The first-order valence-corrected chi connectivity index (χ1v) is 7.47. The van der Waals surface area contributed by atoms with Gasteiger partial charge in [-0.1, -0.05) is 24.3 Å². The zero-order valence-electron chi connectivity index (χ0n) is 11.7. The fraction of sp³-hybridized carbons (Fsp3) is 0.625. The van der Waals surface area contributed by atoms with Crippen molar-refractivity contribution in [1.29, 1.82) is 0 Å². The molecule has 2 nitrogen and oxygen atoms in total. The Labute approximate surface area is 119 Å². The third-order valence-electron chi connectivity index (χ3n) is 4.82. The van der Waals surface area contributed by atoms with Crippen LogP contribution in [-0.4, -0.2) is 31.1 Å². The molecule has 1 aromatic carbocycles. The van der Waals surface area contributed by atoms with Crippen LogP contribution in [0.2, 0.25) is 0 Å². The Bertz CT molecular complexity index is 438. The number of rotatable bonds is 3. The van der Waals surface area contributed by atoms with Gasteiger partial charge in [-0.15, -0.1) is 0 Å². The normalized spacial score (nSPS) is 22.8. The molecule has 2 saturated heterocycles. The molecule has 0 bridgehead atoms. The van der Waals surface area contributed by atoms with Crippen LogP contribution in [0.1, 0.15) is 36.8 Å². The average Bonchev–Trinajstić information content (AvgIpc) is 2.83. The molecule has 0 aromatic heterocycles. The van der Waals surface area contributed by atoms with Crippen LogP contribution < -0.4 is 5.32 Å². The summed E-state index contributed by atoms with van der Waals surface area (Å²) >= 11 is 0. The molecule has 20 heavy (non-hydrogen) atoms. The van der Waals surface area contributed by atoms with Crippen molar-refractivity contribution in [3.8, 4) is 0 Å². The monoisotopic (exact) mass is 280 g/mol. The van der Waals surface area contributed by atoms with Crippen molar-refractivity contribution < 1.29 is 8.78 Å². The summed E-state index contributed by atoms with van der Waals surface area (Å²) in [6.45, 7) is 5.45. The van der Waals surface area contributed by atoms with E-state index in [9.17, 15) is 8.78 Å². The van der Waals surface area contributed by atoms with Gasteiger partial charge >= 0.3 is 0 Å². The molecule has 0 saturated carbocycles. The third kappa shape index (κ3) is 3.01. The van der Waals surface area contributed by atoms with Crippen LogP contribution in [0.3, 0.4) is 0 Å². The van der Waals surface area contributed by atoms with Gasteiger partial charge in [0.15, 0.2) is 0 Å². The van der Waals surface area contributed by atoms with Crippen LogP contribution in [0.15, 0.2) is 24.3 Å². The molecule has 3 rings (SSSR count). The zero-order chi connectivity index (χ0) is 14.0. The second-order valence-corrected chi connectivity index (χ2v) is 6.25.